The van der Waals surface area contributed by atoms with Gasteiger partial charge in [-0.05, 0) is 25.1 Å². The number of aromatic nitrogens is 2. The first kappa shape index (κ1) is 24.5. The van der Waals surface area contributed by atoms with Crippen molar-refractivity contribution in [2.75, 3.05) is 26.2 Å². The second kappa shape index (κ2) is 8.04. The summed E-state index contributed by atoms with van der Waals surface area (Å²) in [4.78, 5) is 34.8. The van der Waals surface area contributed by atoms with Gasteiger partial charge in [-0.2, -0.15) is 0 Å². The number of carbonyl (C=O) groups excluding carboxylic acids is 1. The van der Waals surface area contributed by atoms with Crippen LogP contribution in [0, 0.1) is 6.92 Å². The number of nitrogens with one attached hydrogen (secondary N) is 1. The number of hydrogen-bond acceptors (Lipinski definition) is 4. The Morgan fingerprint density at radius 3 is 2.06 bits per heavy atom. The molecule has 0 bridgehead atoms. The second-order valence-electron chi connectivity index (χ2n) is 6.76. The molecule has 0 spiro atoms. The van der Waals surface area contributed by atoms with E-state index in [1.165, 1.54) is 6.20 Å². The van der Waals surface area contributed by atoms with Gasteiger partial charge >= 0.3 is 39.0 Å². The molecule has 2 N–H and O–H groups in total. The number of carboxylic acid groups (broad SMARTS) is 1. The Morgan fingerprint density at radius 2 is 1.61 bits per heavy atom. The zero-order valence-electron chi connectivity index (χ0n) is 16.1. The van der Waals surface area contributed by atoms with E-state index in [0.717, 1.165) is 29.5 Å². The molecule has 7 nitrogen and oxygen atoms in total. The van der Waals surface area contributed by atoms with Crippen molar-refractivity contribution < 1.29 is 44.8 Å². The van der Waals surface area contributed by atoms with Crippen LogP contribution in [0.25, 0.3) is 0 Å². The SMILES string of the molecule is Cc1cccc(C(=O)N2CC[NH+](c3ccc(C(=O)O)cn3)CC2)n1.F[P-](F)(F)(F)(F)F. The number of carboxylic acids is 1. The molecule has 31 heavy (non-hydrogen) atoms. The number of carbonyl (C=O) groups is 2. The van der Waals surface area contributed by atoms with Gasteiger partial charge in [0.1, 0.15) is 18.8 Å². The molecule has 0 saturated carbocycles. The normalized spacial score (nSPS) is 17.1. The minimum absolute atomic E-state index is 0.0491. The van der Waals surface area contributed by atoms with Gasteiger partial charge < -0.3 is 10.0 Å². The van der Waals surface area contributed by atoms with Crippen molar-refractivity contribution in [3.63, 3.8) is 0 Å². The van der Waals surface area contributed by atoms with E-state index in [9.17, 15) is 34.8 Å². The molecule has 3 heterocycles. The molecule has 0 radical (unpaired) electrons. The Balaban J connectivity index is 0.000000423. The molecular weight excluding hydrogens is 453 g/mol. The van der Waals surface area contributed by atoms with Crippen molar-refractivity contribution in [1.29, 1.82) is 0 Å². The number of hydrogen-bond donors (Lipinski definition) is 2. The van der Waals surface area contributed by atoms with Crippen LogP contribution < -0.4 is 4.90 Å². The number of aromatic carboxylic acids is 1. The molecule has 3 rings (SSSR count). The average molecular weight is 472 g/mol. The third-order valence-electron chi connectivity index (χ3n) is 4.13. The molecule has 0 atom stereocenters. The van der Waals surface area contributed by atoms with Crippen LogP contribution in [0.3, 0.4) is 0 Å². The van der Waals surface area contributed by atoms with Crippen molar-refractivity contribution in [1.82, 2.24) is 14.9 Å². The third kappa shape index (κ3) is 9.26. The van der Waals surface area contributed by atoms with Crippen molar-refractivity contribution in [2.24, 2.45) is 0 Å². The molecule has 1 fully saturated rings. The summed E-state index contributed by atoms with van der Waals surface area (Å²) in [5.41, 5.74) is 1.48. The quantitative estimate of drug-likeness (QED) is 0.527. The van der Waals surface area contributed by atoms with Crippen LogP contribution in [-0.2, 0) is 0 Å². The zero-order valence-corrected chi connectivity index (χ0v) is 17.0. The van der Waals surface area contributed by atoms with E-state index in [1.54, 1.807) is 23.1 Å². The first-order valence-electron chi connectivity index (χ1n) is 8.83. The van der Waals surface area contributed by atoms with Gasteiger partial charge in [-0.15, -0.1) is 0 Å². The number of piperazine rings is 1. The molecule has 1 aliphatic rings. The van der Waals surface area contributed by atoms with E-state index < -0.39 is 13.8 Å². The number of rotatable bonds is 3. The Hall–Kier alpha value is -2.79. The van der Waals surface area contributed by atoms with Gasteiger partial charge in [0.05, 0.1) is 18.7 Å². The number of nitrogens with zero attached hydrogens (tertiary/aromatic N) is 3. The van der Waals surface area contributed by atoms with E-state index in [-0.39, 0.29) is 11.5 Å². The number of aryl methyl sites for hydroxylation is 1. The topological polar surface area (TPSA) is 87.8 Å². The van der Waals surface area contributed by atoms with E-state index >= 15 is 0 Å². The van der Waals surface area contributed by atoms with Gasteiger partial charge in [-0.25, -0.2) is 14.8 Å². The maximum absolute atomic E-state index is 12.5. The van der Waals surface area contributed by atoms with Gasteiger partial charge in [0.15, 0.2) is 0 Å². The fourth-order valence-corrected chi connectivity index (χ4v) is 2.79. The van der Waals surface area contributed by atoms with Crippen molar-refractivity contribution in [2.45, 2.75) is 6.92 Å². The summed E-state index contributed by atoms with van der Waals surface area (Å²) in [6.07, 6.45) is 1.37. The van der Waals surface area contributed by atoms with Gasteiger partial charge in [-0.1, -0.05) is 6.07 Å². The Morgan fingerprint density at radius 1 is 1.03 bits per heavy atom. The number of quaternary nitrogens is 1. The summed E-state index contributed by atoms with van der Waals surface area (Å²) < 4.78 is 59.2. The first-order chi connectivity index (χ1) is 14.0. The van der Waals surface area contributed by atoms with Crippen LogP contribution in [0.2, 0.25) is 0 Å². The van der Waals surface area contributed by atoms with Crippen LogP contribution in [0.4, 0.5) is 31.0 Å². The number of amides is 1. The Bertz CT molecular complexity index is 951. The molecule has 14 heteroatoms. The minimum atomic E-state index is -10.7. The molecule has 0 aliphatic carbocycles. The molecule has 1 amide bonds. The molecule has 172 valence electrons. The third-order valence-corrected chi connectivity index (χ3v) is 4.13. The monoisotopic (exact) mass is 472 g/mol. The molecule has 1 saturated heterocycles. The second-order valence-corrected chi connectivity index (χ2v) is 8.67. The van der Waals surface area contributed by atoms with Crippen molar-refractivity contribution in [3.05, 3.63) is 53.5 Å². The van der Waals surface area contributed by atoms with Gasteiger partial charge in [0, 0.05) is 18.0 Å². The van der Waals surface area contributed by atoms with E-state index in [4.69, 9.17) is 5.11 Å². The number of halogens is 6. The summed E-state index contributed by atoms with van der Waals surface area (Å²) in [5.74, 6) is -0.224. The standard InChI is InChI=1S/C17H18N4O3.F6P/c1-12-3-2-4-14(19-12)16(22)21-9-7-20(8-10-21)15-6-5-13(11-18-15)17(23)24;1-7(2,3,4,5)6/h2-6,11H,7-10H2,1H3,(H,23,24);/q;-1/p+1. The van der Waals surface area contributed by atoms with Crippen LogP contribution >= 0.6 is 7.81 Å². The molecule has 0 unspecified atom stereocenters. The average Bonchev–Trinajstić information content (AvgIpc) is 2.65. The first-order valence-corrected chi connectivity index (χ1v) is 10.9. The molecule has 1 aliphatic heterocycles. The molecular formula is C17H19F6N4O3P. The van der Waals surface area contributed by atoms with E-state index in [2.05, 4.69) is 9.97 Å². The summed E-state index contributed by atoms with van der Waals surface area (Å²) in [6, 6.07) is 8.74. The Labute approximate surface area is 172 Å². The maximum atomic E-state index is 12.5. The van der Waals surface area contributed by atoms with E-state index in [0.29, 0.717) is 18.8 Å². The van der Waals surface area contributed by atoms with Gasteiger partial charge in [0.25, 0.3) is 5.91 Å². The van der Waals surface area contributed by atoms with Crippen LogP contribution in [-0.4, -0.2) is 58.0 Å². The predicted octanol–water partition coefficient (Wildman–Crippen LogP) is 3.54. The predicted molar refractivity (Wildman–Crippen MR) is 100.0 cm³/mol. The van der Waals surface area contributed by atoms with Crippen LogP contribution in [0.1, 0.15) is 26.5 Å². The van der Waals surface area contributed by atoms with Crippen LogP contribution in [0.5, 0.6) is 0 Å². The molecule has 2 aromatic heterocycles. The Kier molecular flexibility index (Phi) is 6.35. The summed E-state index contributed by atoms with van der Waals surface area (Å²) in [7, 11) is -10.7. The van der Waals surface area contributed by atoms with Gasteiger partial charge in [-0.3, -0.25) is 9.69 Å². The summed E-state index contributed by atoms with van der Waals surface area (Å²) in [6.45, 7) is 4.57. The number of pyridine rings is 2. The van der Waals surface area contributed by atoms with Crippen LogP contribution in [0.15, 0.2) is 36.5 Å². The van der Waals surface area contributed by atoms with Gasteiger partial charge in [0.2, 0.25) is 5.82 Å². The summed E-state index contributed by atoms with van der Waals surface area (Å²) >= 11 is 0. The molecule has 0 aromatic carbocycles. The molecule has 2 aromatic rings. The van der Waals surface area contributed by atoms with Crippen molar-refractivity contribution >= 4 is 25.5 Å². The fraction of sp³-hybridized carbons (Fsp3) is 0.294. The fourth-order valence-electron chi connectivity index (χ4n) is 2.79. The van der Waals surface area contributed by atoms with Crippen molar-refractivity contribution in [3.8, 4) is 0 Å². The van der Waals surface area contributed by atoms with E-state index in [1.807, 2.05) is 19.1 Å². The summed E-state index contributed by atoms with van der Waals surface area (Å²) in [5, 5.41) is 8.91. The zero-order chi connectivity index (χ0) is 23.5.